The van der Waals surface area contributed by atoms with Gasteiger partial charge in [-0.1, -0.05) is 6.58 Å². The fraction of sp³-hybridized carbons (Fsp3) is 0.167. The Bertz CT molecular complexity index is 190. The second-order valence-electron chi connectivity index (χ2n) is 1.50. The van der Waals surface area contributed by atoms with Crippen LogP contribution in [0.3, 0.4) is 0 Å². The molecule has 0 saturated heterocycles. The first-order chi connectivity index (χ1) is 3.84. The van der Waals surface area contributed by atoms with Crippen molar-refractivity contribution in [2.24, 2.45) is 0 Å². The smallest absolute Gasteiger partial charge is 0.181 e. The number of aryl methyl sites for hydroxylation is 1. The molecular weight excluding hydrogens is 102 g/mol. The Morgan fingerprint density at radius 3 is 2.88 bits per heavy atom. The van der Waals surface area contributed by atoms with Gasteiger partial charge in [0, 0.05) is 0 Å². The molecule has 0 radical (unpaired) electrons. The summed E-state index contributed by atoms with van der Waals surface area (Å²) in [5, 5.41) is 0. The molecular formula is C6H7NO. The second-order valence-corrected chi connectivity index (χ2v) is 1.50. The molecule has 1 heterocycles. The lowest BCUT2D eigenvalue weighted by Crippen LogP contribution is -1.70. The lowest BCUT2D eigenvalue weighted by atomic mass is 10.4. The quantitative estimate of drug-likeness (QED) is 0.547. The van der Waals surface area contributed by atoms with E-state index >= 15 is 0 Å². The Balaban J connectivity index is 3.09. The van der Waals surface area contributed by atoms with E-state index in [0.29, 0.717) is 0 Å². The molecule has 2 nitrogen and oxygen atoms in total. The molecule has 1 aromatic rings. The van der Waals surface area contributed by atoms with Gasteiger partial charge in [-0.05, 0) is 13.0 Å². The lowest BCUT2D eigenvalue weighted by Gasteiger charge is -1.79. The zero-order chi connectivity index (χ0) is 5.98. The molecule has 42 valence electrons. The molecule has 0 saturated carbocycles. The minimum Gasteiger partial charge on any atom is -0.448 e. The summed E-state index contributed by atoms with van der Waals surface area (Å²) in [7, 11) is 0. The first kappa shape index (κ1) is 5.09. The van der Waals surface area contributed by atoms with Crippen molar-refractivity contribution in [3.63, 3.8) is 0 Å². The van der Waals surface area contributed by atoms with E-state index < -0.39 is 0 Å². The van der Waals surface area contributed by atoms with Crippen molar-refractivity contribution in [1.82, 2.24) is 4.98 Å². The lowest BCUT2D eigenvalue weighted by molar-refractivity contribution is 0.526. The van der Waals surface area contributed by atoms with Crippen LogP contribution in [0.2, 0.25) is 0 Å². The van der Waals surface area contributed by atoms with Gasteiger partial charge in [-0.3, -0.25) is 0 Å². The monoisotopic (exact) mass is 109 g/mol. The molecule has 2 heteroatoms. The minimum atomic E-state index is 0.819. The third-order valence-corrected chi connectivity index (χ3v) is 0.975. The third kappa shape index (κ3) is 0.644. The van der Waals surface area contributed by atoms with Crippen LogP contribution in [0.25, 0.3) is 6.08 Å². The van der Waals surface area contributed by atoms with E-state index in [4.69, 9.17) is 4.42 Å². The highest BCUT2D eigenvalue weighted by Crippen LogP contribution is 2.03. The molecule has 0 aliphatic carbocycles. The average molecular weight is 109 g/mol. The number of rotatable bonds is 1. The molecule has 0 aliphatic heterocycles. The SMILES string of the molecule is C=Cc1ncoc1C. The van der Waals surface area contributed by atoms with Gasteiger partial charge in [0.1, 0.15) is 11.5 Å². The van der Waals surface area contributed by atoms with E-state index in [-0.39, 0.29) is 0 Å². The summed E-state index contributed by atoms with van der Waals surface area (Å²) < 4.78 is 4.87. The van der Waals surface area contributed by atoms with Crippen LogP contribution in [0.1, 0.15) is 11.5 Å². The van der Waals surface area contributed by atoms with E-state index in [1.165, 1.54) is 6.39 Å². The first-order valence-corrected chi connectivity index (χ1v) is 2.37. The topological polar surface area (TPSA) is 26.0 Å². The normalized spacial score (nSPS) is 9.12. The summed E-state index contributed by atoms with van der Waals surface area (Å²) in [6, 6.07) is 0. The predicted molar refractivity (Wildman–Crippen MR) is 31.3 cm³/mol. The van der Waals surface area contributed by atoms with Gasteiger partial charge in [-0.2, -0.15) is 0 Å². The summed E-state index contributed by atoms with van der Waals surface area (Å²) in [5.41, 5.74) is 0.824. The van der Waals surface area contributed by atoms with Gasteiger partial charge in [0.2, 0.25) is 0 Å². The van der Waals surface area contributed by atoms with Crippen LogP contribution in [0, 0.1) is 6.92 Å². The Morgan fingerprint density at radius 2 is 2.62 bits per heavy atom. The minimum absolute atomic E-state index is 0.819. The molecule has 0 aliphatic rings. The molecule has 1 rings (SSSR count). The maximum Gasteiger partial charge on any atom is 0.181 e. The van der Waals surface area contributed by atoms with E-state index in [1.807, 2.05) is 6.92 Å². The molecule has 0 unspecified atom stereocenters. The first-order valence-electron chi connectivity index (χ1n) is 2.37. The predicted octanol–water partition coefficient (Wildman–Crippen LogP) is 1.63. The highest BCUT2D eigenvalue weighted by molar-refractivity contribution is 5.42. The molecule has 0 bridgehead atoms. The van der Waals surface area contributed by atoms with E-state index in [1.54, 1.807) is 6.08 Å². The summed E-state index contributed by atoms with van der Waals surface area (Å²) in [6.07, 6.45) is 3.07. The van der Waals surface area contributed by atoms with Crippen LogP contribution in [0.5, 0.6) is 0 Å². The molecule has 0 N–H and O–H groups in total. The van der Waals surface area contributed by atoms with Gasteiger partial charge in [0.25, 0.3) is 0 Å². The largest absolute Gasteiger partial charge is 0.448 e. The summed E-state index contributed by atoms with van der Waals surface area (Å²) in [4.78, 5) is 3.85. The van der Waals surface area contributed by atoms with Gasteiger partial charge >= 0.3 is 0 Å². The van der Waals surface area contributed by atoms with Crippen molar-refractivity contribution in [3.8, 4) is 0 Å². The van der Waals surface area contributed by atoms with Crippen molar-refractivity contribution < 1.29 is 4.42 Å². The summed E-state index contributed by atoms with van der Waals surface area (Å²) in [5.74, 6) is 0.819. The number of nitrogens with zero attached hydrogens (tertiary/aromatic N) is 1. The van der Waals surface area contributed by atoms with Crippen LogP contribution in [-0.4, -0.2) is 4.98 Å². The third-order valence-electron chi connectivity index (χ3n) is 0.975. The average Bonchev–Trinajstić information content (AvgIpc) is 2.14. The van der Waals surface area contributed by atoms with Gasteiger partial charge in [-0.25, -0.2) is 4.98 Å². The van der Waals surface area contributed by atoms with Crippen molar-refractivity contribution in [2.75, 3.05) is 0 Å². The number of hydrogen-bond donors (Lipinski definition) is 0. The Kier molecular flexibility index (Phi) is 1.16. The highest BCUT2D eigenvalue weighted by atomic mass is 16.3. The molecule has 0 spiro atoms. The number of hydrogen-bond acceptors (Lipinski definition) is 2. The van der Waals surface area contributed by atoms with E-state index in [2.05, 4.69) is 11.6 Å². The molecule has 0 fully saturated rings. The fourth-order valence-electron chi connectivity index (χ4n) is 0.510. The van der Waals surface area contributed by atoms with Crippen LogP contribution >= 0.6 is 0 Å². The van der Waals surface area contributed by atoms with E-state index in [9.17, 15) is 0 Å². The van der Waals surface area contributed by atoms with Gasteiger partial charge in [0.15, 0.2) is 6.39 Å². The van der Waals surface area contributed by atoms with Crippen LogP contribution in [-0.2, 0) is 0 Å². The molecule has 0 amide bonds. The Morgan fingerprint density at radius 1 is 1.88 bits per heavy atom. The van der Waals surface area contributed by atoms with Crippen LogP contribution < -0.4 is 0 Å². The zero-order valence-corrected chi connectivity index (χ0v) is 4.72. The van der Waals surface area contributed by atoms with Crippen molar-refractivity contribution in [2.45, 2.75) is 6.92 Å². The fourth-order valence-corrected chi connectivity index (χ4v) is 0.510. The molecule has 1 aromatic heterocycles. The van der Waals surface area contributed by atoms with Crippen LogP contribution in [0.4, 0.5) is 0 Å². The van der Waals surface area contributed by atoms with Gasteiger partial charge in [-0.15, -0.1) is 0 Å². The summed E-state index contributed by atoms with van der Waals surface area (Å²) >= 11 is 0. The Labute approximate surface area is 47.9 Å². The standard InChI is InChI=1S/C6H7NO/c1-3-6-5(2)8-4-7-6/h3-4H,1H2,2H3. The van der Waals surface area contributed by atoms with E-state index in [0.717, 1.165) is 11.5 Å². The van der Waals surface area contributed by atoms with Gasteiger partial charge in [0.05, 0.1) is 0 Å². The highest BCUT2D eigenvalue weighted by Gasteiger charge is 1.93. The molecule has 0 atom stereocenters. The maximum atomic E-state index is 4.87. The van der Waals surface area contributed by atoms with Gasteiger partial charge < -0.3 is 4.42 Å². The van der Waals surface area contributed by atoms with Crippen molar-refractivity contribution >= 4 is 6.08 Å². The summed E-state index contributed by atoms with van der Waals surface area (Å²) in [6.45, 7) is 5.39. The number of oxazole rings is 1. The van der Waals surface area contributed by atoms with Crippen LogP contribution in [0.15, 0.2) is 17.4 Å². The molecule has 0 aromatic carbocycles. The Hall–Kier alpha value is -1.05. The second kappa shape index (κ2) is 1.82. The van der Waals surface area contributed by atoms with Crippen molar-refractivity contribution in [3.05, 3.63) is 24.4 Å². The number of aromatic nitrogens is 1. The maximum absolute atomic E-state index is 4.87. The molecule has 8 heavy (non-hydrogen) atoms. The van der Waals surface area contributed by atoms with Crippen molar-refractivity contribution in [1.29, 1.82) is 0 Å². The zero-order valence-electron chi connectivity index (χ0n) is 4.72.